The van der Waals surface area contributed by atoms with Crippen LogP contribution in [0.15, 0.2) is 0 Å². The number of nitrogens with one attached hydrogen (secondary N) is 1. The van der Waals surface area contributed by atoms with E-state index in [-0.39, 0.29) is 6.04 Å². The number of carbonyl (C=O) groups is 1. The Labute approximate surface area is 71.5 Å². The molecular weight excluding hydrogens is 156 g/mol. The van der Waals surface area contributed by atoms with E-state index >= 15 is 0 Å². The first-order valence-electron chi connectivity index (χ1n) is 4.52. The molecule has 2 heterocycles. The molecule has 0 aromatic rings. The van der Waals surface area contributed by atoms with Gasteiger partial charge in [0.1, 0.15) is 0 Å². The van der Waals surface area contributed by atoms with Crippen LogP contribution >= 0.6 is 0 Å². The summed E-state index contributed by atoms with van der Waals surface area (Å²) in [6, 6.07) is 0.672. The number of hydrogen-bond donors (Lipinski definition) is 2. The summed E-state index contributed by atoms with van der Waals surface area (Å²) in [5, 5.41) is 12.2. The van der Waals surface area contributed by atoms with Gasteiger partial charge in [-0.1, -0.05) is 0 Å². The Bertz CT molecular complexity index is 195. The lowest BCUT2D eigenvalue weighted by Crippen LogP contribution is -2.50. The highest BCUT2D eigenvalue weighted by Gasteiger charge is 2.36. The highest BCUT2D eigenvalue weighted by atomic mass is 16.4. The Hall–Kier alpha value is -0.770. The van der Waals surface area contributed by atoms with Crippen LogP contribution < -0.4 is 5.32 Å². The predicted molar refractivity (Wildman–Crippen MR) is 44.2 cm³/mol. The van der Waals surface area contributed by atoms with Gasteiger partial charge in [0.05, 0.1) is 6.04 Å². The lowest BCUT2D eigenvalue weighted by molar-refractivity contribution is 0.103. The predicted octanol–water partition coefficient (Wildman–Crippen LogP) is 0.491. The number of fused-ring (bicyclic) bond motifs is 1. The largest absolute Gasteiger partial charge is 0.465 e. The summed E-state index contributed by atoms with van der Waals surface area (Å²) in [7, 11) is 0. The number of likely N-dealkylation sites (tertiary alicyclic amines) is 1. The van der Waals surface area contributed by atoms with E-state index in [0.717, 1.165) is 32.4 Å². The van der Waals surface area contributed by atoms with Crippen LogP contribution in [0.25, 0.3) is 0 Å². The minimum Gasteiger partial charge on any atom is -0.465 e. The van der Waals surface area contributed by atoms with Crippen molar-refractivity contribution >= 4 is 6.09 Å². The molecule has 0 radical (unpaired) electrons. The van der Waals surface area contributed by atoms with Crippen LogP contribution in [0.3, 0.4) is 0 Å². The summed E-state index contributed by atoms with van der Waals surface area (Å²) in [6.45, 7) is 1.69. The van der Waals surface area contributed by atoms with Gasteiger partial charge >= 0.3 is 6.09 Å². The smallest absolute Gasteiger partial charge is 0.407 e. The lowest BCUT2D eigenvalue weighted by Gasteiger charge is -2.35. The third-order valence-electron chi connectivity index (χ3n) is 2.87. The van der Waals surface area contributed by atoms with Crippen molar-refractivity contribution in [2.24, 2.45) is 0 Å². The van der Waals surface area contributed by atoms with E-state index in [1.54, 1.807) is 4.90 Å². The van der Waals surface area contributed by atoms with E-state index in [1.165, 1.54) is 0 Å². The molecule has 1 amide bonds. The zero-order chi connectivity index (χ0) is 8.55. The second kappa shape index (κ2) is 2.94. The molecule has 2 aliphatic rings. The number of piperidine rings is 1. The van der Waals surface area contributed by atoms with Crippen LogP contribution in [0.5, 0.6) is 0 Å². The maximum absolute atomic E-state index is 10.8. The normalized spacial score (nSPS) is 34.8. The second-order valence-corrected chi connectivity index (χ2v) is 3.53. The summed E-state index contributed by atoms with van der Waals surface area (Å²) in [5.74, 6) is 0. The minimum atomic E-state index is -0.756. The Morgan fingerprint density at radius 1 is 1.50 bits per heavy atom. The zero-order valence-electron chi connectivity index (χ0n) is 6.99. The Kier molecular flexibility index (Phi) is 1.92. The van der Waals surface area contributed by atoms with Crippen molar-refractivity contribution in [1.29, 1.82) is 0 Å². The maximum atomic E-state index is 10.8. The van der Waals surface area contributed by atoms with Crippen molar-refractivity contribution in [2.75, 3.05) is 13.1 Å². The molecule has 0 saturated carbocycles. The van der Waals surface area contributed by atoms with Gasteiger partial charge in [-0.05, 0) is 25.8 Å². The van der Waals surface area contributed by atoms with Crippen LogP contribution in [0.2, 0.25) is 0 Å². The molecule has 0 aliphatic carbocycles. The molecule has 0 aromatic carbocycles. The SMILES string of the molecule is O=C(O)N1CCCC2NCCC21. The van der Waals surface area contributed by atoms with Crippen LogP contribution in [0, 0.1) is 0 Å². The van der Waals surface area contributed by atoms with Crippen molar-refractivity contribution in [3.05, 3.63) is 0 Å². The fourth-order valence-corrected chi connectivity index (χ4v) is 2.31. The number of nitrogens with zero attached hydrogens (tertiary/aromatic N) is 1. The van der Waals surface area contributed by atoms with Crippen LogP contribution in [-0.2, 0) is 0 Å². The average molecular weight is 170 g/mol. The van der Waals surface area contributed by atoms with Crippen molar-refractivity contribution in [2.45, 2.75) is 31.3 Å². The first-order valence-corrected chi connectivity index (χ1v) is 4.52. The van der Waals surface area contributed by atoms with Crippen LogP contribution in [0.4, 0.5) is 4.79 Å². The Morgan fingerprint density at radius 2 is 2.33 bits per heavy atom. The number of amides is 1. The number of hydrogen-bond acceptors (Lipinski definition) is 2. The monoisotopic (exact) mass is 170 g/mol. The maximum Gasteiger partial charge on any atom is 0.407 e. The standard InChI is InChI=1S/C8H14N2O2/c11-8(12)10-5-1-2-6-7(10)3-4-9-6/h6-7,9H,1-5H2,(H,11,12). The quantitative estimate of drug-likeness (QED) is 0.556. The van der Waals surface area contributed by atoms with Gasteiger partial charge in [0.15, 0.2) is 0 Å². The molecule has 2 aliphatic heterocycles. The molecule has 68 valence electrons. The molecule has 2 saturated heterocycles. The average Bonchev–Trinajstić information content (AvgIpc) is 2.49. The van der Waals surface area contributed by atoms with Gasteiger partial charge in [-0.3, -0.25) is 0 Å². The zero-order valence-corrected chi connectivity index (χ0v) is 6.99. The minimum absolute atomic E-state index is 0.247. The van der Waals surface area contributed by atoms with Crippen molar-refractivity contribution in [1.82, 2.24) is 10.2 Å². The van der Waals surface area contributed by atoms with Crippen molar-refractivity contribution in [3.63, 3.8) is 0 Å². The molecule has 2 N–H and O–H groups in total. The molecule has 0 spiro atoms. The molecule has 2 unspecified atom stereocenters. The van der Waals surface area contributed by atoms with Crippen LogP contribution in [-0.4, -0.2) is 41.3 Å². The fraction of sp³-hybridized carbons (Fsp3) is 0.875. The van der Waals surface area contributed by atoms with Gasteiger partial charge in [0, 0.05) is 12.6 Å². The third-order valence-corrected chi connectivity index (χ3v) is 2.87. The van der Waals surface area contributed by atoms with E-state index in [4.69, 9.17) is 5.11 Å². The highest BCUT2D eigenvalue weighted by Crippen LogP contribution is 2.23. The lowest BCUT2D eigenvalue weighted by atomic mass is 9.98. The number of rotatable bonds is 0. The van der Waals surface area contributed by atoms with E-state index in [1.807, 2.05) is 0 Å². The fourth-order valence-electron chi connectivity index (χ4n) is 2.31. The molecule has 4 nitrogen and oxygen atoms in total. The summed E-state index contributed by atoms with van der Waals surface area (Å²) in [5.41, 5.74) is 0. The van der Waals surface area contributed by atoms with Gasteiger partial charge in [0.25, 0.3) is 0 Å². The molecule has 12 heavy (non-hydrogen) atoms. The molecule has 2 fully saturated rings. The molecular formula is C8H14N2O2. The van der Waals surface area contributed by atoms with Crippen molar-refractivity contribution in [3.8, 4) is 0 Å². The summed E-state index contributed by atoms with van der Waals surface area (Å²) in [6.07, 6.45) is 2.36. The first-order chi connectivity index (χ1) is 5.79. The van der Waals surface area contributed by atoms with Gasteiger partial charge in [-0.2, -0.15) is 0 Å². The van der Waals surface area contributed by atoms with E-state index in [9.17, 15) is 4.79 Å². The van der Waals surface area contributed by atoms with Crippen molar-refractivity contribution < 1.29 is 9.90 Å². The van der Waals surface area contributed by atoms with E-state index in [0.29, 0.717) is 6.04 Å². The molecule has 4 heteroatoms. The van der Waals surface area contributed by atoms with Crippen LogP contribution in [0.1, 0.15) is 19.3 Å². The first kappa shape index (κ1) is 7.86. The van der Waals surface area contributed by atoms with E-state index < -0.39 is 6.09 Å². The molecule has 2 atom stereocenters. The molecule has 2 rings (SSSR count). The number of carboxylic acid groups (broad SMARTS) is 1. The Balaban J connectivity index is 2.08. The summed E-state index contributed by atoms with van der Waals surface area (Å²) < 4.78 is 0. The van der Waals surface area contributed by atoms with E-state index in [2.05, 4.69) is 5.32 Å². The van der Waals surface area contributed by atoms with Gasteiger partial charge in [-0.15, -0.1) is 0 Å². The molecule has 0 aromatic heterocycles. The van der Waals surface area contributed by atoms with Gasteiger partial charge in [-0.25, -0.2) is 4.79 Å². The second-order valence-electron chi connectivity index (χ2n) is 3.53. The summed E-state index contributed by atoms with van der Waals surface area (Å²) in [4.78, 5) is 12.4. The topological polar surface area (TPSA) is 52.6 Å². The highest BCUT2D eigenvalue weighted by molar-refractivity contribution is 5.65. The summed E-state index contributed by atoms with van der Waals surface area (Å²) >= 11 is 0. The third kappa shape index (κ3) is 1.16. The Morgan fingerprint density at radius 3 is 3.08 bits per heavy atom. The molecule has 0 bridgehead atoms. The van der Waals surface area contributed by atoms with Gasteiger partial charge < -0.3 is 15.3 Å². The van der Waals surface area contributed by atoms with Gasteiger partial charge in [0.2, 0.25) is 0 Å².